The first-order valence-corrected chi connectivity index (χ1v) is 34.3. The van der Waals surface area contributed by atoms with E-state index >= 15 is 0 Å². The van der Waals surface area contributed by atoms with Crippen molar-refractivity contribution in [2.75, 3.05) is 13.2 Å². The van der Waals surface area contributed by atoms with Gasteiger partial charge in [0.05, 0.1) is 0 Å². The van der Waals surface area contributed by atoms with Gasteiger partial charge in [0.15, 0.2) is 6.10 Å². The van der Waals surface area contributed by atoms with Crippen LogP contribution >= 0.6 is 0 Å². The zero-order chi connectivity index (χ0) is 56.4. The number of ether oxygens (including phenoxy) is 3. The minimum atomic E-state index is -0.771. The predicted octanol–water partition coefficient (Wildman–Crippen LogP) is 23.5. The van der Waals surface area contributed by atoms with Gasteiger partial charge in [-0.2, -0.15) is 0 Å². The summed E-state index contributed by atoms with van der Waals surface area (Å²) >= 11 is 0. The Bertz CT molecular complexity index is 1390. The summed E-state index contributed by atoms with van der Waals surface area (Å²) in [6.07, 6.45) is 85.2. The molecule has 0 heterocycles. The van der Waals surface area contributed by atoms with Gasteiger partial charge in [0.2, 0.25) is 0 Å². The quantitative estimate of drug-likeness (QED) is 0.0261. The van der Waals surface area contributed by atoms with Crippen molar-refractivity contribution < 1.29 is 28.6 Å². The zero-order valence-corrected chi connectivity index (χ0v) is 52.2. The summed E-state index contributed by atoms with van der Waals surface area (Å²) in [5, 5.41) is 0. The molecule has 0 radical (unpaired) electrons. The molecular formula is C72H130O6. The van der Waals surface area contributed by atoms with Crippen LogP contribution in [0.3, 0.4) is 0 Å². The van der Waals surface area contributed by atoms with E-state index in [4.69, 9.17) is 14.2 Å². The minimum Gasteiger partial charge on any atom is -0.462 e. The van der Waals surface area contributed by atoms with Gasteiger partial charge in [0.25, 0.3) is 0 Å². The van der Waals surface area contributed by atoms with E-state index in [1.165, 1.54) is 231 Å². The van der Waals surface area contributed by atoms with Crippen LogP contribution in [0.4, 0.5) is 0 Å². The third-order valence-corrected chi connectivity index (χ3v) is 15.3. The number of hydrogen-bond acceptors (Lipinski definition) is 6. The zero-order valence-electron chi connectivity index (χ0n) is 52.2. The lowest BCUT2D eigenvalue weighted by Gasteiger charge is -2.18. The van der Waals surface area contributed by atoms with Crippen LogP contribution in [-0.4, -0.2) is 37.2 Å². The second-order valence-corrected chi connectivity index (χ2v) is 23.1. The first-order chi connectivity index (χ1) is 38.5. The van der Waals surface area contributed by atoms with E-state index < -0.39 is 6.10 Å². The highest BCUT2D eigenvalue weighted by Gasteiger charge is 2.19. The molecule has 454 valence electrons. The summed E-state index contributed by atoms with van der Waals surface area (Å²) < 4.78 is 17.0. The second-order valence-electron chi connectivity index (χ2n) is 23.1. The molecule has 1 unspecified atom stereocenters. The van der Waals surface area contributed by atoms with Gasteiger partial charge in [-0.1, -0.05) is 338 Å². The molecule has 0 aromatic heterocycles. The topological polar surface area (TPSA) is 78.9 Å². The molecule has 0 aromatic carbocycles. The number of carbonyl (C=O) groups is 3. The first-order valence-electron chi connectivity index (χ1n) is 34.3. The lowest BCUT2D eigenvalue weighted by atomic mass is 10.0. The molecule has 0 aliphatic rings. The molecule has 0 bridgehead atoms. The van der Waals surface area contributed by atoms with Crippen LogP contribution in [0.5, 0.6) is 0 Å². The van der Waals surface area contributed by atoms with E-state index in [0.29, 0.717) is 19.3 Å². The van der Waals surface area contributed by atoms with Crippen molar-refractivity contribution in [2.45, 2.75) is 367 Å². The number of allylic oxidation sites excluding steroid dienone is 10. The number of hydrogen-bond donors (Lipinski definition) is 0. The molecule has 1 atom stereocenters. The molecular weight excluding hydrogens is 961 g/mol. The number of unbranched alkanes of at least 4 members (excludes halogenated alkanes) is 42. The monoisotopic (exact) mass is 1090 g/mol. The highest BCUT2D eigenvalue weighted by Crippen LogP contribution is 2.18. The molecule has 0 aliphatic heterocycles. The summed E-state index contributed by atoms with van der Waals surface area (Å²) in [4.78, 5) is 38.4. The van der Waals surface area contributed by atoms with Crippen molar-refractivity contribution in [2.24, 2.45) is 0 Å². The fraction of sp³-hybridized carbons (Fsp3) is 0.819. The highest BCUT2D eigenvalue weighted by atomic mass is 16.6. The van der Waals surface area contributed by atoms with Gasteiger partial charge < -0.3 is 14.2 Å². The van der Waals surface area contributed by atoms with Crippen molar-refractivity contribution in [3.63, 3.8) is 0 Å². The molecule has 0 rings (SSSR count). The van der Waals surface area contributed by atoms with Crippen LogP contribution in [0.2, 0.25) is 0 Å². The van der Waals surface area contributed by atoms with Crippen molar-refractivity contribution in [1.29, 1.82) is 0 Å². The van der Waals surface area contributed by atoms with E-state index in [2.05, 4.69) is 81.5 Å². The van der Waals surface area contributed by atoms with Gasteiger partial charge in [-0.25, -0.2) is 0 Å². The smallest absolute Gasteiger partial charge is 0.306 e. The largest absolute Gasteiger partial charge is 0.462 e. The third-order valence-electron chi connectivity index (χ3n) is 15.3. The van der Waals surface area contributed by atoms with Gasteiger partial charge >= 0.3 is 17.9 Å². The highest BCUT2D eigenvalue weighted by molar-refractivity contribution is 5.71. The van der Waals surface area contributed by atoms with E-state index in [-0.39, 0.29) is 31.1 Å². The SMILES string of the molecule is CC/C=C\C/C=C\C/C=C\C/C=C\C/C=C\CCCCCCCCCCCCCCCC(=O)OCC(COC(=O)CCCCCCCCCCCCCCCCC)OC(=O)CCCCCCCCCCCCCCCCCC. The summed E-state index contributed by atoms with van der Waals surface area (Å²) in [6, 6.07) is 0. The Hall–Kier alpha value is -2.89. The third kappa shape index (κ3) is 63.9. The molecule has 0 amide bonds. The average Bonchev–Trinajstić information content (AvgIpc) is 3.44. The number of esters is 3. The molecule has 0 aliphatic carbocycles. The molecule has 78 heavy (non-hydrogen) atoms. The fourth-order valence-electron chi connectivity index (χ4n) is 10.2. The summed E-state index contributed by atoms with van der Waals surface area (Å²) in [6.45, 7) is 6.59. The van der Waals surface area contributed by atoms with Crippen LogP contribution in [-0.2, 0) is 28.6 Å². The van der Waals surface area contributed by atoms with E-state index in [1.807, 2.05) is 0 Å². The van der Waals surface area contributed by atoms with Gasteiger partial charge in [0, 0.05) is 19.3 Å². The Balaban J connectivity index is 4.23. The fourth-order valence-corrected chi connectivity index (χ4v) is 10.2. The maximum absolute atomic E-state index is 12.9. The minimum absolute atomic E-state index is 0.0675. The van der Waals surface area contributed by atoms with Crippen molar-refractivity contribution in [3.05, 3.63) is 60.8 Å². The van der Waals surface area contributed by atoms with Crippen LogP contribution in [0.15, 0.2) is 60.8 Å². The Morgan fingerprint density at radius 2 is 0.500 bits per heavy atom. The maximum Gasteiger partial charge on any atom is 0.306 e. The Labute approximate surface area is 485 Å². The van der Waals surface area contributed by atoms with Crippen LogP contribution in [0, 0.1) is 0 Å². The lowest BCUT2D eigenvalue weighted by Crippen LogP contribution is -2.30. The lowest BCUT2D eigenvalue weighted by molar-refractivity contribution is -0.167. The van der Waals surface area contributed by atoms with Gasteiger partial charge in [0.1, 0.15) is 13.2 Å². The molecule has 0 saturated carbocycles. The molecule has 6 nitrogen and oxygen atoms in total. The van der Waals surface area contributed by atoms with Crippen molar-refractivity contribution in [1.82, 2.24) is 0 Å². The van der Waals surface area contributed by atoms with Crippen LogP contribution in [0.1, 0.15) is 361 Å². The summed E-state index contributed by atoms with van der Waals surface area (Å²) in [5.41, 5.74) is 0. The Kier molecular flexibility index (Phi) is 64.2. The van der Waals surface area contributed by atoms with Crippen molar-refractivity contribution in [3.8, 4) is 0 Å². The number of carbonyl (C=O) groups excluding carboxylic acids is 3. The Morgan fingerprint density at radius 1 is 0.269 bits per heavy atom. The van der Waals surface area contributed by atoms with Gasteiger partial charge in [-0.3, -0.25) is 14.4 Å². The summed E-state index contributed by atoms with van der Waals surface area (Å²) in [5.74, 6) is -0.843. The molecule has 6 heteroatoms. The average molecular weight is 1090 g/mol. The maximum atomic E-state index is 12.9. The summed E-state index contributed by atoms with van der Waals surface area (Å²) in [7, 11) is 0. The van der Waals surface area contributed by atoms with Crippen molar-refractivity contribution >= 4 is 17.9 Å². The van der Waals surface area contributed by atoms with E-state index in [9.17, 15) is 14.4 Å². The Morgan fingerprint density at radius 3 is 0.782 bits per heavy atom. The number of rotatable bonds is 63. The normalized spacial score (nSPS) is 12.4. The van der Waals surface area contributed by atoms with Gasteiger partial charge in [-0.15, -0.1) is 0 Å². The van der Waals surface area contributed by atoms with E-state index in [0.717, 1.165) is 89.9 Å². The first kappa shape index (κ1) is 75.1. The van der Waals surface area contributed by atoms with Crippen LogP contribution < -0.4 is 0 Å². The second kappa shape index (κ2) is 66.6. The standard InChI is InChI=1S/C72H130O6/c1-4-7-10-13-16-19-22-25-28-30-31-32-33-34-35-36-37-38-39-40-41-42-45-47-50-53-56-59-62-65-71(74)77-68-69(67-76-70(73)64-61-58-55-52-49-46-43-27-24-21-18-15-12-9-6-3)78-72(75)66-63-60-57-54-51-48-44-29-26-23-20-17-14-11-8-5-2/h7,10,16,19,25,28,31-32,34-35,69H,4-6,8-9,11-15,17-18,20-24,26-27,29-30,33,36-68H2,1-3H3/b10-7-,19-16-,28-25-,32-31-,35-34-. The predicted molar refractivity (Wildman–Crippen MR) is 339 cm³/mol. The molecule has 0 fully saturated rings. The molecule has 0 saturated heterocycles. The van der Waals surface area contributed by atoms with E-state index in [1.54, 1.807) is 0 Å². The molecule has 0 aromatic rings. The molecule has 0 N–H and O–H groups in total. The van der Waals surface area contributed by atoms with Crippen LogP contribution in [0.25, 0.3) is 0 Å². The molecule has 0 spiro atoms. The van der Waals surface area contributed by atoms with Gasteiger partial charge in [-0.05, 0) is 64.2 Å².